The molecule has 1 saturated heterocycles. The van der Waals surface area contributed by atoms with Gasteiger partial charge in [0.1, 0.15) is 6.04 Å². The molecule has 0 N–H and O–H groups in total. The second-order valence-corrected chi connectivity index (χ2v) is 9.03. The van der Waals surface area contributed by atoms with Gasteiger partial charge in [0.15, 0.2) is 0 Å². The number of sulfonamides is 1. The Morgan fingerprint density at radius 1 is 1.15 bits per heavy atom. The zero-order chi connectivity index (χ0) is 19.4. The lowest BCUT2D eigenvalue weighted by atomic mass is 10.2. The van der Waals surface area contributed by atoms with E-state index in [1.54, 1.807) is 12.1 Å². The number of nitrogens with zero attached hydrogens (tertiary/aromatic N) is 1. The third-order valence-corrected chi connectivity index (χ3v) is 6.86. The van der Waals surface area contributed by atoms with E-state index in [1.165, 1.54) is 23.5 Å². The molecular formula is C19H20BrNO5S. The van der Waals surface area contributed by atoms with Gasteiger partial charge in [0.25, 0.3) is 0 Å². The Kier molecular flexibility index (Phi) is 6.31. The van der Waals surface area contributed by atoms with Crippen molar-refractivity contribution in [2.75, 3.05) is 13.7 Å². The maximum atomic E-state index is 13.0. The molecule has 0 radical (unpaired) electrons. The second kappa shape index (κ2) is 8.52. The lowest BCUT2D eigenvalue weighted by Gasteiger charge is -2.21. The smallest absolute Gasteiger partial charge is 0.324 e. The predicted molar refractivity (Wildman–Crippen MR) is 103 cm³/mol. The van der Waals surface area contributed by atoms with Crippen LogP contribution in [0.25, 0.3) is 0 Å². The Hall–Kier alpha value is -1.74. The molecule has 0 aromatic heterocycles. The van der Waals surface area contributed by atoms with E-state index in [0.29, 0.717) is 6.61 Å². The second-order valence-electron chi connectivity index (χ2n) is 6.22. The number of ether oxygens (including phenoxy) is 2. The topological polar surface area (TPSA) is 72.9 Å². The van der Waals surface area contributed by atoms with Crippen LogP contribution in [-0.4, -0.2) is 44.5 Å². The van der Waals surface area contributed by atoms with Crippen LogP contribution >= 0.6 is 15.9 Å². The molecule has 2 atom stereocenters. The molecular weight excluding hydrogens is 434 g/mol. The van der Waals surface area contributed by atoms with Crippen molar-refractivity contribution in [2.45, 2.75) is 30.1 Å². The molecule has 0 aliphatic carbocycles. The van der Waals surface area contributed by atoms with Crippen LogP contribution in [0.2, 0.25) is 0 Å². The maximum absolute atomic E-state index is 13.0. The van der Waals surface area contributed by atoms with Gasteiger partial charge in [-0.3, -0.25) is 4.79 Å². The van der Waals surface area contributed by atoms with Crippen LogP contribution in [0, 0.1) is 0 Å². The molecule has 1 aliphatic heterocycles. The summed E-state index contributed by atoms with van der Waals surface area (Å²) < 4.78 is 38.7. The van der Waals surface area contributed by atoms with Gasteiger partial charge >= 0.3 is 5.97 Å². The van der Waals surface area contributed by atoms with Gasteiger partial charge in [0.05, 0.1) is 24.7 Å². The van der Waals surface area contributed by atoms with E-state index in [1.807, 2.05) is 30.3 Å². The summed E-state index contributed by atoms with van der Waals surface area (Å²) in [5, 5.41) is 0. The number of esters is 1. The summed E-state index contributed by atoms with van der Waals surface area (Å²) in [6.45, 7) is 0.455. The molecule has 0 saturated carbocycles. The molecule has 2 aromatic rings. The quantitative estimate of drug-likeness (QED) is 0.628. The summed E-state index contributed by atoms with van der Waals surface area (Å²) in [5.74, 6) is -0.582. The first kappa shape index (κ1) is 20.0. The molecule has 2 aromatic carbocycles. The fraction of sp³-hybridized carbons (Fsp3) is 0.316. The molecule has 0 spiro atoms. The van der Waals surface area contributed by atoms with E-state index in [4.69, 9.17) is 9.47 Å². The highest BCUT2D eigenvalue weighted by atomic mass is 79.9. The van der Waals surface area contributed by atoms with Crippen molar-refractivity contribution >= 4 is 31.9 Å². The lowest BCUT2D eigenvalue weighted by Crippen LogP contribution is -2.41. The van der Waals surface area contributed by atoms with Crippen LogP contribution in [-0.2, 0) is 30.9 Å². The van der Waals surface area contributed by atoms with Crippen molar-refractivity contribution < 1.29 is 22.7 Å². The average molecular weight is 454 g/mol. The SMILES string of the molecule is COC(=O)C1CC(OCc2ccccc2)CN1S(=O)(=O)c1ccc(Br)cc1. The number of halogens is 1. The molecule has 0 amide bonds. The van der Waals surface area contributed by atoms with Crippen molar-refractivity contribution in [1.82, 2.24) is 4.31 Å². The van der Waals surface area contributed by atoms with E-state index in [9.17, 15) is 13.2 Å². The first-order valence-electron chi connectivity index (χ1n) is 8.42. The summed E-state index contributed by atoms with van der Waals surface area (Å²) >= 11 is 3.29. The number of rotatable bonds is 6. The minimum atomic E-state index is -3.84. The minimum Gasteiger partial charge on any atom is -0.468 e. The summed E-state index contributed by atoms with van der Waals surface area (Å²) in [4.78, 5) is 12.3. The number of carbonyl (C=O) groups excluding carboxylic acids is 1. The highest BCUT2D eigenvalue weighted by Crippen LogP contribution is 2.29. The van der Waals surface area contributed by atoms with Crippen LogP contribution in [0.15, 0.2) is 64.0 Å². The van der Waals surface area contributed by atoms with Gasteiger partial charge in [-0.2, -0.15) is 4.31 Å². The standard InChI is InChI=1S/C19H20BrNO5S/c1-25-19(22)18-11-16(26-13-14-5-3-2-4-6-14)12-21(18)27(23,24)17-9-7-15(20)8-10-17/h2-10,16,18H,11-13H2,1H3. The van der Waals surface area contributed by atoms with Gasteiger partial charge in [0, 0.05) is 17.4 Å². The summed E-state index contributed by atoms with van der Waals surface area (Å²) in [6, 6.07) is 15.0. The summed E-state index contributed by atoms with van der Waals surface area (Å²) in [7, 11) is -2.59. The fourth-order valence-corrected chi connectivity index (χ4v) is 4.92. The van der Waals surface area contributed by atoms with E-state index < -0.39 is 22.0 Å². The summed E-state index contributed by atoms with van der Waals surface area (Å²) in [5.41, 5.74) is 0.987. The van der Waals surface area contributed by atoms with Crippen molar-refractivity contribution in [3.05, 3.63) is 64.6 Å². The van der Waals surface area contributed by atoms with E-state index >= 15 is 0 Å². The first-order valence-corrected chi connectivity index (χ1v) is 10.7. The monoisotopic (exact) mass is 453 g/mol. The third-order valence-electron chi connectivity index (χ3n) is 4.44. The average Bonchev–Trinajstić information content (AvgIpc) is 3.12. The molecule has 6 nitrogen and oxygen atoms in total. The van der Waals surface area contributed by atoms with Gasteiger partial charge < -0.3 is 9.47 Å². The van der Waals surface area contributed by atoms with E-state index in [-0.39, 0.29) is 24.0 Å². The molecule has 1 fully saturated rings. The van der Waals surface area contributed by atoms with Crippen molar-refractivity contribution in [2.24, 2.45) is 0 Å². The van der Waals surface area contributed by atoms with E-state index in [0.717, 1.165) is 10.0 Å². The molecule has 1 aliphatic rings. The normalized spacial score (nSPS) is 20.5. The zero-order valence-electron chi connectivity index (χ0n) is 14.7. The summed E-state index contributed by atoms with van der Waals surface area (Å²) in [6.07, 6.45) is -0.130. The Morgan fingerprint density at radius 2 is 1.81 bits per heavy atom. The molecule has 8 heteroatoms. The predicted octanol–water partition coefficient (Wildman–Crippen LogP) is 2.97. The molecule has 0 bridgehead atoms. The number of carbonyl (C=O) groups is 1. The van der Waals surface area contributed by atoms with Crippen molar-refractivity contribution in [3.8, 4) is 0 Å². The highest BCUT2D eigenvalue weighted by molar-refractivity contribution is 9.10. The van der Waals surface area contributed by atoms with Crippen LogP contribution in [0.1, 0.15) is 12.0 Å². The van der Waals surface area contributed by atoms with Gasteiger partial charge in [0.2, 0.25) is 10.0 Å². The Bertz CT molecular complexity index is 886. The molecule has 3 rings (SSSR count). The Labute approximate surface area is 167 Å². The lowest BCUT2D eigenvalue weighted by molar-refractivity contribution is -0.144. The van der Waals surface area contributed by atoms with E-state index in [2.05, 4.69) is 15.9 Å². The number of methoxy groups -OCH3 is 1. The number of hydrogen-bond donors (Lipinski definition) is 0. The van der Waals surface area contributed by atoms with Gasteiger partial charge in [-0.05, 0) is 29.8 Å². The minimum absolute atomic E-state index is 0.102. The van der Waals surface area contributed by atoms with Crippen molar-refractivity contribution in [1.29, 1.82) is 0 Å². The Morgan fingerprint density at radius 3 is 2.44 bits per heavy atom. The fourth-order valence-electron chi connectivity index (χ4n) is 3.04. The molecule has 27 heavy (non-hydrogen) atoms. The zero-order valence-corrected chi connectivity index (χ0v) is 17.1. The Balaban J connectivity index is 1.79. The van der Waals surface area contributed by atoms with Gasteiger partial charge in [-0.15, -0.1) is 0 Å². The largest absolute Gasteiger partial charge is 0.468 e. The van der Waals surface area contributed by atoms with Crippen molar-refractivity contribution in [3.63, 3.8) is 0 Å². The number of hydrogen-bond acceptors (Lipinski definition) is 5. The highest BCUT2D eigenvalue weighted by Gasteiger charge is 2.45. The molecule has 144 valence electrons. The van der Waals surface area contributed by atoms with Gasteiger partial charge in [-0.25, -0.2) is 8.42 Å². The maximum Gasteiger partial charge on any atom is 0.324 e. The van der Waals surface area contributed by atoms with Crippen LogP contribution in [0.3, 0.4) is 0 Å². The molecule has 2 unspecified atom stereocenters. The third kappa shape index (κ3) is 4.57. The first-order chi connectivity index (χ1) is 12.9. The number of benzene rings is 2. The molecule has 1 heterocycles. The van der Waals surface area contributed by atoms with Crippen LogP contribution in [0.5, 0.6) is 0 Å². The van der Waals surface area contributed by atoms with Gasteiger partial charge in [-0.1, -0.05) is 46.3 Å². The van der Waals surface area contributed by atoms with Crippen LogP contribution in [0.4, 0.5) is 0 Å². The van der Waals surface area contributed by atoms with Crippen LogP contribution < -0.4 is 0 Å².